The van der Waals surface area contributed by atoms with Crippen LogP contribution in [0.4, 0.5) is 0 Å². The zero-order chi connectivity index (χ0) is 11.0. The summed E-state index contributed by atoms with van der Waals surface area (Å²) in [5, 5.41) is 17.0. The molecule has 5 nitrogen and oxygen atoms in total. The highest BCUT2D eigenvalue weighted by atomic mass is 16.5. The lowest BCUT2D eigenvalue weighted by atomic mass is 10.2. The third-order valence-corrected chi connectivity index (χ3v) is 1.46. The van der Waals surface area contributed by atoms with Crippen LogP contribution in [0.5, 0.6) is 0 Å². The molecule has 5 heteroatoms. The van der Waals surface area contributed by atoms with Gasteiger partial charge in [-0.2, -0.15) is 0 Å². The van der Waals surface area contributed by atoms with Gasteiger partial charge in [-0.25, -0.2) is 9.59 Å². The van der Waals surface area contributed by atoms with Gasteiger partial charge >= 0.3 is 11.9 Å². The normalized spacial score (nSPS) is 12.7. The Morgan fingerprint density at radius 3 is 2.50 bits per heavy atom. The van der Waals surface area contributed by atoms with Gasteiger partial charge in [-0.15, -0.1) is 0 Å². The van der Waals surface area contributed by atoms with E-state index in [0.717, 1.165) is 12.5 Å². The zero-order valence-corrected chi connectivity index (χ0v) is 7.97. The van der Waals surface area contributed by atoms with E-state index in [1.807, 2.05) is 6.92 Å². The lowest BCUT2D eigenvalue weighted by molar-refractivity contribution is -0.145. The van der Waals surface area contributed by atoms with Crippen LogP contribution in [-0.2, 0) is 14.3 Å². The molecule has 0 saturated carbocycles. The van der Waals surface area contributed by atoms with Gasteiger partial charge in [0, 0.05) is 12.2 Å². The van der Waals surface area contributed by atoms with Crippen LogP contribution in [0.15, 0.2) is 12.2 Å². The van der Waals surface area contributed by atoms with Gasteiger partial charge in [-0.1, -0.05) is 13.3 Å². The fourth-order valence-corrected chi connectivity index (χ4v) is 0.852. The molecule has 0 aliphatic carbocycles. The Kier molecular flexibility index (Phi) is 6.39. The summed E-state index contributed by atoms with van der Waals surface area (Å²) >= 11 is 0. The molecule has 0 aromatic carbocycles. The van der Waals surface area contributed by atoms with Crippen molar-refractivity contribution in [3.05, 3.63) is 12.2 Å². The monoisotopic (exact) mass is 202 g/mol. The third kappa shape index (κ3) is 6.19. The lowest BCUT2D eigenvalue weighted by Gasteiger charge is -2.12. The minimum atomic E-state index is -1.21. The predicted molar refractivity (Wildman–Crippen MR) is 48.6 cm³/mol. The molecule has 0 fully saturated rings. The van der Waals surface area contributed by atoms with Gasteiger partial charge < -0.3 is 14.9 Å². The number of carbonyl (C=O) groups is 2. The van der Waals surface area contributed by atoms with Crippen LogP contribution in [0.2, 0.25) is 0 Å². The molecule has 80 valence electrons. The van der Waals surface area contributed by atoms with Crippen LogP contribution in [0, 0.1) is 0 Å². The fourth-order valence-electron chi connectivity index (χ4n) is 0.852. The van der Waals surface area contributed by atoms with Crippen molar-refractivity contribution in [1.29, 1.82) is 0 Å². The van der Waals surface area contributed by atoms with Crippen molar-refractivity contribution in [1.82, 2.24) is 0 Å². The molecule has 0 bridgehead atoms. The van der Waals surface area contributed by atoms with Crippen LogP contribution in [0.1, 0.15) is 19.8 Å². The van der Waals surface area contributed by atoms with E-state index >= 15 is 0 Å². The summed E-state index contributed by atoms with van der Waals surface area (Å²) in [7, 11) is 0. The second-order valence-electron chi connectivity index (χ2n) is 2.70. The lowest BCUT2D eigenvalue weighted by Crippen LogP contribution is -2.20. The van der Waals surface area contributed by atoms with Crippen molar-refractivity contribution in [2.75, 3.05) is 6.61 Å². The number of aliphatic hydroxyl groups is 1. The maximum Gasteiger partial charge on any atom is 0.331 e. The van der Waals surface area contributed by atoms with Gasteiger partial charge in [-0.05, 0) is 6.42 Å². The van der Waals surface area contributed by atoms with E-state index in [-0.39, 0.29) is 6.61 Å². The van der Waals surface area contributed by atoms with Gasteiger partial charge in [0.2, 0.25) is 0 Å². The topological polar surface area (TPSA) is 83.8 Å². The molecule has 1 atom stereocenters. The van der Waals surface area contributed by atoms with Crippen molar-refractivity contribution >= 4 is 11.9 Å². The van der Waals surface area contributed by atoms with Crippen molar-refractivity contribution in [2.24, 2.45) is 0 Å². The molecule has 0 aliphatic rings. The first kappa shape index (κ1) is 12.6. The molecule has 2 N–H and O–H groups in total. The highest BCUT2D eigenvalue weighted by Gasteiger charge is 2.10. The number of aliphatic carboxylic acids is 1. The highest BCUT2D eigenvalue weighted by molar-refractivity contribution is 5.90. The van der Waals surface area contributed by atoms with Crippen LogP contribution in [0.3, 0.4) is 0 Å². The smallest absolute Gasteiger partial charge is 0.331 e. The largest absolute Gasteiger partial charge is 0.478 e. The molecule has 0 amide bonds. The minimum Gasteiger partial charge on any atom is -0.478 e. The van der Waals surface area contributed by atoms with Crippen LogP contribution < -0.4 is 0 Å². The molecule has 14 heavy (non-hydrogen) atoms. The number of hydrogen-bond donors (Lipinski definition) is 2. The minimum absolute atomic E-state index is 0.250. The Labute approximate surface area is 82.0 Å². The maximum atomic E-state index is 10.9. The molecule has 0 heterocycles. The highest BCUT2D eigenvalue weighted by Crippen LogP contribution is 2.01. The summed E-state index contributed by atoms with van der Waals surface area (Å²) in [5.41, 5.74) is 0. The van der Waals surface area contributed by atoms with Gasteiger partial charge in [-0.3, -0.25) is 0 Å². The molecule has 1 unspecified atom stereocenters. The maximum absolute atomic E-state index is 10.9. The molecule has 0 rings (SSSR count). The first-order valence-corrected chi connectivity index (χ1v) is 4.32. The van der Waals surface area contributed by atoms with Crippen LogP contribution in [-0.4, -0.2) is 34.9 Å². The Morgan fingerprint density at radius 2 is 2.07 bits per heavy atom. The van der Waals surface area contributed by atoms with Crippen molar-refractivity contribution in [2.45, 2.75) is 25.9 Å². The number of carboxylic acids is 1. The van der Waals surface area contributed by atoms with E-state index in [2.05, 4.69) is 0 Å². The third-order valence-electron chi connectivity index (χ3n) is 1.46. The van der Waals surface area contributed by atoms with Crippen LogP contribution >= 0.6 is 0 Å². The van der Waals surface area contributed by atoms with Gasteiger partial charge in [0.15, 0.2) is 0 Å². The number of aliphatic hydroxyl groups excluding tert-OH is 1. The Bertz CT molecular complexity index is 221. The van der Waals surface area contributed by atoms with Crippen molar-refractivity contribution in [3.63, 3.8) is 0 Å². The molecular formula is C9H14O5. The summed E-state index contributed by atoms with van der Waals surface area (Å²) in [6.07, 6.45) is 2.30. The Hall–Kier alpha value is -1.36. The number of carboxylic acid groups (broad SMARTS) is 1. The fraction of sp³-hybridized carbons (Fsp3) is 0.556. The van der Waals surface area contributed by atoms with E-state index in [0.29, 0.717) is 12.5 Å². The summed E-state index contributed by atoms with van der Waals surface area (Å²) in [4.78, 5) is 20.9. The van der Waals surface area contributed by atoms with E-state index in [1.165, 1.54) is 0 Å². The SMILES string of the molecule is CCCC(CO)OC(=O)C=CC(=O)O. The average molecular weight is 202 g/mol. The van der Waals surface area contributed by atoms with E-state index < -0.39 is 18.0 Å². The zero-order valence-electron chi connectivity index (χ0n) is 7.97. The standard InChI is InChI=1S/C9H14O5/c1-2-3-7(6-10)14-9(13)5-4-8(11)12/h4-5,7,10H,2-3,6H2,1H3,(H,11,12). The molecule has 0 radical (unpaired) electrons. The molecule has 0 saturated heterocycles. The molecule has 0 spiro atoms. The molecule has 0 aliphatic heterocycles. The molecule has 0 aromatic rings. The van der Waals surface area contributed by atoms with Crippen molar-refractivity contribution < 1.29 is 24.5 Å². The summed E-state index contributed by atoms with van der Waals surface area (Å²) in [5.74, 6) is -1.96. The first-order chi connectivity index (χ1) is 6.60. The molecular weight excluding hydrogens is 188 g/mol. The number of ether oxygens (including phenoxy) is 1. The summed E-state index contributed by atoms with van der Waals surface area (Å²) < 4.78 is 4.75. The van der Waals surface area contributed by atoms with Crippen molar-refractivity contribution in [3.8, 4) is 0 Å². The number of rotatable bonds is 6. The quantitative estimate of drug-likeness (QED) is 0.479. The number of carbonyl (C=O) groups excluding carboxylic acids is 1. The van der Waals surface area contributed by atoms with E-state index in [9.17, 15) is 9.59 Å². The van der Waals surface area contributed by atoms with Gasteiger partial charge in [0.25, 0.3) is 0 Å². The molecule has 0 aromatic heterocycles. The summed E-state index contributed by atoms with van der Waals surface area (Å²) in [6, 6.07) is 0. The van der Waals surface area contributed by atoms with Gasteiger partial charge in [0.05, 0.1) is 6.61 Å². The van der Waals surface area contributed by atoms with Crippen LogP contribution in [0.25, 0.3) is 0 Å². The second-order valence-corrected chi connectivity index (χ2v) is 2.70. The number of esters is 1. The summed E-state index contributed by atoms with van der Waals surface area (Å²) in [6.45, 7) is 1.64. The van der Waals surface area contributed by atoms with E-state index in [4.69, 9.17) is 14.9 Å². The Morgan fingerprint density at radius 1 is 1.43 bits per heavy atom. The first-order valence-electron chi connectivity index (χ1n) is 4.32. The predicted octanol–water partition coefficient (Wildman–Crippen LogP) is 0.331. The second kappa shape index (κ2) is 7.08. The number of hydrogen-bond acceptors (Lipinski definition) is 4. The van der Waals surface area contributed by atoms with E-state index in [1.54, 1.807) is 0 Å². The van der Waals surface area contributed by atoms with Gasteiger partial charge in [0.1, 0.15) is 6.10 Å². The Balaban J connectivity index is 3.96. The average Bonchev–Trinajstić information content (AvgIpc) is 2.14.